The molecule has 0 aromatic heterocycles. The van der Waals surface area contributed by atoms with Crippen LogP contribution in [0, 0.1) is 11.3 Å². The van der Waals surface area contributed by atoms with Crippen molar-refractivity contribution in [2.45, 2.75) is 38.9 Å². The largest absolute Gasteiger partial charge is 0.338 e. The van der Waals surface area contributed by atoms with Gasteiger partial charge in [-0.05, 0) is 42.2 Å². The van der Waals surface area contributed by atoms with Crippen molar-refractivity contribution in [2.24, 2.45) is 0 Å². The SMILES string of the molecule is C[C@@H](NCc1ccccc1CN1CCCC1=O)c1ccc(C#N)cc1. The van der Waals surface area contributed by atoms with Crippen LogP contribution in [0.4, 0.5) is 0 Å². The second kappa shape index (κ2) is 7.96. The molecular weight excluding hydrogens is 310 g/mol. The van der Waals surface area contributed by atoms with Gasteiger partial charge in [-0.1, -0.05) is 36.4 Å². The summed E-state index contributed by atoms with van der Waals surface area (Å²) in [6, 6.07) is 18.3. The molecule has 1 heterocycles. The van der Waals surface area contributed by atoms with Crippen LogP contribution in [0.15, 0.2) is 48.5 Å². The summed E-state index contributed by atoms with van der Waals surface area (Å²) >= 11 is 0. The van der Waals surface area contributed by atoms with Gasteiger partial charge in [0.15, 0.2) is 0 Å². The second-order valence-electron chi connectivity index (χ2n) is 6.52. The fraction of sp³-hybridized carbons (Fsp3) is 0.333. The zero-order chi connectivity index (χ0) is 17.6. The van der Waals surface area contributed by atoms with Crippen molar-refractivity contribution >= 4 is 5.91 Å². The fourth-order valence-corrected chi connectivity index (χ4v) is 3.19. The third-order valence-corrected chi connectivity index (χ3v) is 4.79. The van der Waals surface area contributed by atoms with Crippen molar-refractivity contribution in [1.29, 1.82) is 5.26 Å². The Kier molecular flexibility index (Phi) is 5.47. The summed E-state index contributed by atoms with van der Waals surface area (Å²) in [6.45, 7) is 4.43. The van der Waals surface area contributed by atoms with E-state index >= 15 is 0 Å². The monoisotopic (exact) mass is 333 g/mol. The minimum atomic E-state index is 0.189. The number of carbonyl (C=O) groups excluding carboxylic acids is 1. The second-order valence-corrected chi connectivity index (χ2v) is 6.52. The summed E-state index contributed by atoms with van der Waals surface area (Å²) < 4.78 is 0. The van der Waals surface area contributed by atoms with Crippen LogP contribution in [0.3, 0.4) is 0 Å². The van der Waals surface area contributed by atoms with Gasteiger partial charge in [0.1, 0.15) is 0 Å². The molecule has 1 fully saturated rings. The van der Waals surface area contributed by atoms with Crippen molar-refractivity contribution in [1.82, 2.24) is 10.2 Å². The average molecular weight is 333 g/mol. The first-order valence-electron chi connectivity index (χ1n) is 8.75. The lowest BCUT2D eigenvalue weighted by Crippen LogP contribution is -2.25. The Bertz CT molecular complexity index is 776. The van der Waals surface area contributed by atoms with Gasteiger partial charge in [-0.3, -0.25) is 4.79 Å². The average Bonchev–Trinajstić information content (AvgIpc) is 3.05. The summed E-state index contributed by atoms with van der Waals surface area (Å²) in [5.74, 6) is 0.258. The van der Waals surface area contributed by atoms with Crippen molar-refractivity contribution in [2.75, 3.05) is 6.54 Å². The number of amides is 1. The molecule has 2 aromatic rings. The number of rotatable bonds is 6. The van der Waals surface area contributed by atoms with Gasteiger partial charge < -0.3 is 10.2 Å². The lowest BCUT2D eigenvalue weighted by molar-refractivity contribution is -0.128. The van der Waals surface area contributed by atoms with Gasteiger partial charge in [-0.15, -0.1) is 0 Å². The van der Waals surface area contributed by atoms with E-state index in [9.17, 15) is 4.79 Å². The number of nitrogens with one attached hydrogen (secondary N) is 1. The summed E-state index contributed by atoms with van der Waals surface area (Å²) in [4.78, 5) is 13.8. The van der Waals surface area contributed by atoms with Crippen LogP contribution in [-0.2, 0) is 17.9 Å². The minimum Gasteiger partial charge on any atom is -0.338 e. The quantitative estimate of drug-likeness (QED) is 0.880. The number of hydrogen-bond acceptors (Lipinski definition) is 3. The molecule has 0 saturated carbocycles. The Morgan fingerprint density at radius 1 is 1.16 bits per heavy atom. The summed E-state index contributed by atoms with van der Waals surface area (Å²) in [6.07, 6.45) is 1.64. The van der Waals surface area contributed by atoms with Crippen molar-refractivity contribution < 1.29 is 4.79 Å². The van der Waals surface area contributed by atoms with Gasteiger partial charge >= 0.3 is 0 Å². The molecule has 25 heavy (non-hydrogen) atoms. The molecule has 0 unspecified atom stereocenters. The van der Waals surface area contributed by atoms with Gasteiger partial charge in [0, 0.05) is 32.1 Å². The van der Waals surface area contributed by atoms with Gasteiger partial charge in [0.25, 0.3) is 0 Å². The number of nitrogens with zero attached hydrogens (tertiary/aromatic N) is 2. The van der Waals surface area contributed by atoms with E-state index in [-0.39, 0.29) is 11.9 Å². The van der Waals surface area contributed by atoms with E-state index in [0.29, 0.717) is 18.5 Å². The van der Waals surface area contributed by atoms with Gasteiger partial charge in [0.05, 0.1) is 11.6 Å². The molecule has 1 N–H and O–H groups in total. The lowest BCUT2D eigenvalue weighted by Gasteiger charge is -2.20. The Balaban J connectivity index is 1.64. The molecule has 4 heteroatoms. The molecule has 4 nitrogen and oxygen atoms in total. The highest BCUT2D eigenvalue weighted by Gasteiger charge is 2.20. The van der Waals surface area contributed by atoms with E-state index in [1.165, 1.54) is 11.1 Å². The minimum absolute atomic E-state index is 0.189. The van der Waals surface area contributed by atoms with Crippen LogP contribution in [-0.4, -0.2) is 17.4 Å². The van der Waals surface area contributed by atoms with Crippen molar-refractivity contribution in [3.8, 4) is 6.07 Å². The lowest BCUT2D eigenvalue weighted by atomic mass is 10.0. The highest BCUT2D eigenvalue weighted by atomic mass is 16.2. The predicted molar refractivity (Wildman–Crippen MR) is 97.5 cm³/mol. The number of nitriles is 1. The summed E-state index contributed by atoms with van der Waals surface area (Å²) in [5, 5.41) is 12.4. The zero-order valence-corrected chi connectivity index (χ0v) is 14.5. The fourth-order valence-electron chi connectivity index (χ4n) is 3.19. The van der Waals surface area contributed by atoms with E-state index in [4.69, 9.17) is 5.26 Å². The third kappa shape index (κ3) is 4.26. The maximum Gasteiger partial charge on any atom is 0.222 e. The van der Waals surface area contributed by atoms with Crippen LogP contribution in [0.2, 0.25) is 0 Å². The smallest absolute Gasteiger partial charge is 0.222 e. The molecular formula is C21H23N3O. The topological polar surface area (TPSA) is 56.1 Å². The number of benzene rings is 2. The Morgan fingerprint density at radius 2 is 1.88 bits per heavy atom. The molecule has 1 aliphatic rings. The van der Waals surface area contributed by atoms with Crippen LogP contribution >= 0.6 is 0 Å². The molecule has 0 spiro atoms. The zero-order valence-electron chi connectivity index (χ0n) is 14.5. The molecule has 2 aromatic carbocycles. The number of likely N-dealkylation sites (tertiary alicyclic amines) is 1. The van der Waals surface area contributed by atoms with E-state index < -0.39 is 0 Å². The molecule has 0 bridgehead atoms. The Labute approximate surface area is 149 Å². The van der Waals surface area contributed by atoms with E-state index in [1.807, 2.05) is 41.3 Å². The molecule has 1 saturated heterocycles. The van der Waals surface area contributed by atoms with Crippen LogP contribution in [0.25, 0.3) is 0 Å². The number of carbonyl (C=O) groups is 1. The highest BCUT2D eigenvalue weighted by molar-refractivity contribution is 5.78. The highest BCUT2D eigenvalue weighted by Crippen LogP contribution is 2.19. The first kappa shape index (κ1) is 17.2. The molecule has 0 aliphatic carbocycles. The number of hydrogen-bond donors (Lipinski definition) is 1. The van der Waals surface area contributed by atoms with Gasteiger partial charge in [-0.25, -0.2) is 0 Å². The molecule has 3 rings (SSSR count). The maximum absolute atomic E-state index is 11.9. The van der Waals surface area contributed by atoms with Crippen molar-refractivity contribution in [3.05, 3.63) is 70.8 Å². The first-order valence-corrected chi connectivity index (χ1v) is 8.75. The molecule has 1 amide bonds. The van der Waals surface area contributed by atoms with Crippen LogP contribution < -0.4 is 5.32 Å². The Hall–Kier alpha value is -2.64. The molecule has 1 atom stereocenters. The van der Waals surface area contributed by atoms with Crippen LogP contribution in [0.1, 0.15) is 48.1 Å². The molecule has 1 aliphatic heterocycles. The normalized spacial score (nSPS) is 15.2. The van der Waals surface area contributed by atoms with Crippen molar-refractivity contribution in [3.63, 3.8) is 0 Å². The van der Waals surface area contributed by atoms with E-state index in [0.717, 1.165) is 25.1 Å². The van der Waals surface area contributed by atoms with Gasteiger partial charge in [0.2, 0.25) is 5.91 Å². The standard InChI is InChI=1S/C21H23N3O/c1-16(18-10-8-17(13-22)9-11-18)23-14-19-5-2-3-6-20(19)15-24-12-4-7-21(24)25/h2-3,5-6,8-11,16,23H,4,7,12,14-15H2,1H3/t16-/m1/s1. The Morgan fingerprint density at radius 3 is 2.52 bits per heavy atom. The first-order chi connectivity index (χ1) is 12.2. The van der Waals surface area contributed by atoms with E-state index in [2.05, 4.69) is 30.4 Å². The summed E-state index contributed by atoms with van der Waals surface area (Å²) in [7, 11) is 0. The maximum atomic E-state index is 11.9. The van der Waals surface area contributed by atoms with Crippen LogP contribution in [0.5, 0.6) is 0 Å². The summed E-state index contributed by atoms with van der Waals surface area (Å²) in [5.41, 5.74) is 4.27. The molecule has 128 valence electrons. The van der Waals surface area contributed by atoms with Gasteiger partial charge in [-0.2, -0.15) is 5.26 Å². The molecule has 0 radical (unpaired) electrons. The predicted octanol–water partition coefficient (Wildman–Crippen LogP) is 3.53. The van der Waals surface area contributed by atoms with E-state index in [1.54, 1.807) is 0 Å². The third-order valence-electron chi connectivity index (χ3n) is 4.79.